The molecule has 0 amide bonds. The Morgan fingerprint density at radius 3 is 2.55 bits per heavy atom. The van der Waals surface area contributed by atoms with Gasteiger partial charge in [0, 0.05) is 11.1 Å². The lowest BCUT2D eigenvalue weighted by Gasteiger charge is -2.02. The smallest absolute Gasteiger partial charge is 0.0534 e. The fourth-order valence-electron chi connectivity index (χ4n) is 0.989. The molecular formula is C9H13NS. The normalized spacial score (nSPS) is 10.1. The highest BCUT2D eigenvalue weighted by molar-refractivity contribution is 7.80. The van der Waals surface area contributed by atoms with Gasteiger partial charge in [0.15, 0.2) is 0 Å². The second-order valence-corrected chi connectivity index (χ2v) is 3.00. The molecule has 0 atom stereocenters. The van der Waals surface area contributed by atoms with Crippen molar-refractivity contribution in [1.29, 1.82) is 0 Å². The maximum Gasteiger partial charge on any atom is 0.0534 e. The first kappa shape index (κ1) is 8.60. The van der Waals surface area contributed by atoms with Crippen molar-refractivity contribution in [1.82, 2.24) is 4.98 Å². The van der Waals surface area contributed by atoms with E-state index in [0.29, 0.717) is 0 Å². The van der Waals surface area contributed by atoms with Crippen LogP contribution in [0.4, 0.5) is 0 Å². The van der Waals surface area contributed by atoms with E-state index in [0.717, 1.165) is 23.4 Å². The molecular weight excluding hydrogens is 154 g/mol. The standard InChI is InChI=1S/C9H13NS/c1-3-7-5-9(11)8(4-2)10-6-7/h5-6,11H,3-4H2,1-2H3. The van der Waals surface area contributed by atoms with E-state index >= 15 is 0 Å². The molecule has 0 aromatic carbocycles. The molecule has 1 nitrogen and oxygen atoms in total. The summed E-state index contributed by atoms with van der Waals surface area (Å²) in [5.74, 6) is 0. The Morgan fingerprint density at radius 1 is 1.36 bits per heavy atom. The number of nitrogens with zero attached hydrogens (tertiary/aromatic N) is 1. The van der Waals surface area contributed by atoms with Gasteiger partial charge in [0.05, 0.1) is 5.69 Å². The molecule has 0 aliphatic rings. The Balaban J connectivity index is 2.99. The van der Waals surface area contributed by atoms with Crippen molar-refractivity contribution in [3.05, 3.63) is 23.5 Å². The van der Waals surface area contributed by atoms with Gasteiger partial charge in [0.1, 0.15) is 0 Å². The Bertz CT molecular complexity index is 245. The summed E-state index contributed by atoms with van der Waals surface area (Å²) in [6, 6.07) is 2.09. The van der Waals surface area contributed by atoms with Crippen LogP contribution in [-0.4, -0.2) is 4.98 Å². The van der Waals surface area contributed by atoms with Gasteiger partial charge in [-0.1, -0.05) is 13.8 Å². The van der Waals surface area contributed by atoms with E-state index in [9.17, 15) is 0 Å². The van der Waals surface area contributed by atoms with Crippen molar-refractivity contribution in [3.8, 4) is 0 Å². The van der Waals surface area contributed by atoms with E-state index in [1.807, 2.05) is 6.20 Å². The van der Waals surface area contributed by atoms with Crippen molar-refractivity contribution < 1.29 is 0 Å². The minimum atomic E-state index is 0.961. The van der Waals surface area contributed by atoms with Gasteiger partial charge in [-0.25, -0.2) is 0 Å². The SMILES string of the molecule is CCc1cnc(CC)c(S)c1. The largest absolute Gasteiger partial charge is 0.260 e. The van der Waals surface area contributed by atoms with Crippen molar-refractivity contribution >= 4 is 12.6 Å². The quantitative estimate of drug-likeness (QED) is 0.668. The third kappa shape index (κ3) is 1.96. The second kappa shape index (κ2) is 3.77. The van der Waals surface area contributed by atoms with Gasteiger partial charge in [-0.2, -0.15) is 0 Å². The summed E-state index contributed by atoms with van der Waals surface area (Å²) < 4.78 is 0. The van der Waals surface area contributed by atoms with Crippen molar-refractivity contribution in [2.75, 3.05) is 0 Å². The van der Waals surface area contributed by atoms with E-state index in [4.69, 9.17) is 0 Å². The molecule has 0 spiro atoms. The minimum Gasteiger partial charge on any atom is -0.260 e. The summed E-state index contributed by atoms with van der Waals surface area (Å²) in [6.07, 6.45) is 3.92. The maximum atomic E-state index is 4.34. The molecule has 0 saturated carbocycles. The highest BCUT2D eigenvalue weighted by Crippen LogP contribution is 2.13. The highest BCUT2D eigenvalue weighted by atomic mass is 32.1. The Labute approximate surface area is 73.3 Å². The van der Waals surface area contributed by atoms with Gasteiger partial charge in [-0.15, -0.1) is 12.6 Å². The van der Waals surface area contributed by atoms with E-state index in [1.54, 1.807) is 0 Å². The van der Waals surface area contributed by atoms with Crippen LogP contribution >= 0.6 is 12.6 Å². The highest BCUT2D eigenvalue weighted by Gasteiger charge is 1.97. The molecule has 0 aliphatic heterocycles. The Hall–Kier alpha value is -0.500. The van der Waals surface area contributed by atoms with Crippen LogP contribution in [0.5, 0.6) is 0 Å². The van der Waals surface area contributed by atoms with Gasteiger partial charge in [-0.05, 0) is 24.5 Å². The molecule has 1 rings (SSSR count). The Kier molecular flexibility index (Phi) is 2.94. The molecule has 0 fully saturated rings. The van der Waals surface area contributed by atoms with Gasteiger partial charge in [-0.3, -0.25) is 4.98 Å². The average Bonchev–Trinajstić information content (AvgIpc) is 2.04. The second-order valence-electron chi connectivity index (χ2n) is 2.52. The number of pyridine rings is 1. The summed E-state index contributed by atoms with van der Waals surface area (Å²) >= 11 is 4.34. The third-order valence-corrected chi connectivity index (χ3v) is 2.13. The minimum absolute atomic E-state index is 0.961. The first-order chi connectivity index (χ1) is 5.27. The number of rotatable bonds is 2. The number of thiol groups is 1. The molecule has 0 radical (unpaired) electrons. The molecule has 0 bridgehead atoms. The summed E-state index contributed by atoms with van der Waals surface area (Å²) in [4.78, 5) is 5.31. The summed E-state index contributed by atoms with van der Waals surface area (Å²) in [6.45, 7) is 4.21. The number of hydrogen-bond acceptors (Lipinski definition) is 2. The predicted octanol–water partition coefficient (Wildman–Crippen LogP) is 2.50. The molecule has 1 heterocycles. The summed E-state index contributed by atoms with van der Waals surface area (Å²) in [5.41, 5.74) is 2.35. The monoisotopic (exact) mass is 167 g/mol. The lowest BCUT2D eigenvalue weighted by atomic mass is 10.2. The van der Waals surface area contributed by atoms with Crippen LogP contribution in [-0.2, 0) is 12.8 Å². The van der Waals surface area contributed by atoms with Crippen LogP contribution in [0.3, 0.4) is 0 Å². The maximum absolute atomic E-state index is 4.34. The molecule has 2 heteroatoms. The van der Waals surface area contributed by atoms with Crippen molar-refractivity contribution in [3.63, 3.8) is 0 Å². The lowest BCUT2D eigenvalue weighted by molar-refractivity contribution is 0.954. The molecule has 1 aromatic rings. The zero-order valence-electron chi connectivity index (χ0n) is 6.96. The van der Waals surface area contributed by atoms with E-state index in [-0.39, 0.29) is 0 Å². The number of aromatic nitrogens is 1. The lowest BCUT2D eigenvalue weighted by Crippen LogP contribution is -1.91. The molecule has 11 heavy (non-hydrogen) atoms. The third-order valence-electron chi connectivity index (χ3n) is 1.75. The molecule has 60 valence electrons. The van der Waals surface area contributed by atoms with Crippen molar-refractivity contribution in [2.24, 2.45) is 0 Å². The van der Waals surface area contributed by atoms with Gasteiger partial charge < -0.3 is 0 Å². The first-order valence-electron chi connectivity index (χ1n) is 3.94. The molecule has 1 aromatic heterocycles. The number of aryl methyl sites for hydroxylation is 2. The van der Waals surface area contributed by atoms with Gasteiger partial charge >= 0.3 is 0 Å². The van der Waals surface area contributed by atoms with Gasteiger partial charge in [0.2, 0.25) is 0 Å². The molecule has 0 N–H and O–H groups in total. The summed E-state index contributed by atoms with van der Waals surface area (Å²) in [5, 5.41) is 0. The van der Waals surface area contributed by atoms with Crippen LogP contribution in [0, 0.1) is 0 Å². The van der Waals surface area contributed by atoms with Crippen LogP contribution in [0.15, 0.2) is 17.2 Å². The Morgan fingerprint density at radius 2 is 2.09 bits per heavy atom. The number of hydrogen-bond donors (Lipinski definition) is 1. The van der Waals surface area contributed by atoms with Gasteiger partial charge in [0.25, 0.3) is 0 Å². The topological polar surface area (TPSA) is 12.9 Å². The molecule has 0 aliphatic carbocycles. The predicted molar refractivity (Wildman–Crippen MR) is 50.2 cm³/mol. The average molecular weight is 167 g/mol. The van der Waals surface area contributed by atoms with Crippen LogP contribution < -0.4 is 0 Å². The van der Waals surface area contributed by atoms with E-state index < -0.39 is 0 Å². The fourth-order valence-corrected chi connectivity index (χ4v) is 1.37. The zero-order chi connectivity index (χ0) is 8.27. The van der Waals surface area contributed by atoms with Crippen LogP contribution in [0.25, 0.3) is 0 Å². The van der Waals surface area contributed by atoms with E-state index in [2.05, 4.69) is 37.5 Å². The zero-order valence-corrected chi connectivity index (χ0v) is 7.86. The molecule has 0 unspecified atom stereocenters. The fraction of sp³-hybridized carbons (Fsp3) is 0.444. The summed E-state index contributed by atoms with van der Waals surface area (Å²) in [7, 11) is 0. The van der Waals surface area contributed by atoms with Crippen LogP contribution in [0.1, 0.15) is 25.1 Å². The molecule has 0 saturated heterocycles. The van der Waals surface area contributed by atoms with Crippen molar-refractivity contribution in [2.45, 2.75) is 31.6 Å². The van der Waals surface area contributed by atoms with Crippen LogP contribution in [0.2, 0.25) is 0 Å². The first-order valence-corrected chi connectivity index (χ1v) is 4.39. The van der Waals surface area contributed by atoms with E-state index in [1.165, 1.54) is 5.56 Å².